The fraction of sp³-hybridized carbons (Fsp3) is 0.714. The molecule has 0 aromatic heterocycles. The number of allylic oxidation sites excluding steroid dienone is 1. The number of alkyl halides is 1. The molecule has 38 heavy (non-hydrogen) atoms. The van der Waals surface area contributed by atoms with Gasteiger partial charge in [0.1, 0.15) is 11.8 Å². The van der Waals surface area contributed by atoms with Crippen molar-refractivity contribution in [2.24, 2.45) is 22.7 Å². The lowest BCUT2D eigenvalue weighted by Gasteiger charge is -2.58. The number of aliphatic carboxylic acids is 2. The molecule has 2 N–H and O–H groups in total. The number of hydrogen-bond donors (Lipinski definition) is 2. The summed E-state index contributed by atoms with van der Waals surface area (Å²) in [7, 11) is 0. The van der Waals surface area contributed by atoms with Gasteiger partial charge in [-0.15, -0.1) is 0 Å². The van der Waals surface area contributed by atoms with E-state index < -0.39 is 82.7 Å². The molecule has 0 bridgehead atoms. The summed E-state index contributed by atoms with van der Waals surface area (Å²) in [6, 6.07) is 0. The van der Waals surface area contributed by atoms with Crippen molar-refractivity contribution in [1.29, 1.82) is 0 Å². The normalized spacial score (nSPS) is 47.8. The van der Waals surface area contributed by atoms with Crippen LogP contribution in [0.25, 0.3) is 0 Å². The van der Waals surface area contributed by atoms with Gasteiger partial charge in [-0.25, -0.2) is 4.39 Å². The number of halogens is 1. The largest absolute Gasteiger partial charge is 0.481 e. The number of ketones is 2. The SMILES string of the molecule is CC(=O)[C@@]12OC(C)(C)OC1C[C@H]1[C@@H]3C[C@H](F)C4=CC(=O)C(CC(=O)O)=C(CC(=O)O)[C@]4(C)[C@@]34O[C@H]4C[C@@]12C. The average Bonchev–Trinajstić information content (AvgIpc) is 3.36. The van der Waals surface area contributed by atoms with Crippen molar-refractivity contribution in [2.45, 2.75) is 102 Å². The summed E-state index contributed by atoms with van der Waals surface area (Å²) in [4.78, 5) is 50.0. The van der Waals surface area contributed by atoms with Crippen LogP contribution in [0.5, 0.6) is 0 Å². The Balaban J connectivity index is 1.52. The van der Waals surface area contributed by atoms with Crippen LogP contribution < -0.4 is 0 Å². The summed E-state index contributed by atoms with van der Waals surface area (Å²) < 4.78 is 35.3. The molecule has 5 fully saturated rings. The van der Waals surface area contributed by atoms with Crippen molar-refractivity contribution in [2.75, 3.05) is 0 Å². The first-order chi connectivity index (χ1) is 17.5. The molecule has 9 atom stereocenters. The maximum Gasteiger partial charge on any atom is 0.307 e. The number of rotatable bonds is 5. The molecule has 2 heterocycles. The van der Waals surface area contributed by atoms with Crippen molar-refractivity contribution < 1.29 is 48.0 Å². The summed E-state index contributed by atoms with van der Waals surface area (Å²) in [6.07, 6.45) is -1.72. The van der Waals surface area contributed by atoms with Crippen LogP contribution in [-0.2, 0) is 33.4 Å². The predicted molar refractivity (Wildman–Crippen MR) is 128 cm³/mol. The van der Waals surface area contributed by atoms with E-state index in [0.29, 0.717) is 12.8 Å². The molecule has 2 saturated heterocycles. The van der Waals surface area contributed by atoms with Crippen LogP contribution in [0.15, 0.2) is 22.8 Å². The Morgan fingerprint density at radius 3 is 2.26 bits per heavy atom. The number of carbonyl (C=O) groups is 4. The van der Waals surface area contributed by atoms with Crippen LogP contribution in [0.2, 0.25) is 0 Å². The van der Waals surface area contributed by atoms with Gasteiger partial charge in [0, 0.05) is 16.4 Å². The van der Waals surface area contributed by atoms with Gasteiger partial charge in [-0.2, -0.15) is 0 Å². The molecule has 9 nitrogen and oxygen atoms in total. The van der Waals surface area contributed by atoms with Gasteiger partial charge in [0.2, 0.25) is 0 Å². The van der Waals surface area contributed by atoms with E-state index in [4.69, 9.17) is 14.2 Å². The fourth-order valence-electron chi connectivity index (χ4n) is 9.53. The Morgan fingerprint density at radius 2 is 1.66 bits per heavy atom. The van der Waals surface area contributed by atoms with Gasteiger partial charge in [-0.1, -0.05) is 6.92 Å². The predicted octanol–water partition coefficient (Wildman–Crippen LogP) is 3.15. The maximum absolute atomic E-state index is 16.2. The summed E-state index contributed by atoms with van der Waals surface area (Å²) >= 11 is 0. The Kier molecular flexibility index (Phi) is 5.03. The Hall–Kier alpha value is -2.43. The van der Waals surface area contributed by atoms with Gasteiger partial charge in [0.05, 0.1) is 25.0 Å². The molecule has 0 aromatic rings. The molecule has 0 aromatic carbocycles. The third kappa shape index (κ3) is 2.81. The second-order valence-corrected chi connectivity index (χ2v) is 12.8. The molecule has 206 valence electrons. The third-order valence-electron chi connectivity index (χ3n) is 10.7. The lowest BCUT2D eigenvalue weighted by atomic mass is 9.44. The Morgan fingerprint density at radius 1 is 1.00 bits per heavy atom. The van der Waals surface area contributed by atoms with Crippen LogP contribution in [-0.4, -0.2) is 69.1 Å². The molecule has 0 radical (unpaired) electrons. The third-order valence-corrected chi connectivity index (χ3v) is 10.7. The van der Waals surface area contributed by atoms with E-state index in [1.54, 1.807) is 20.8 Å². The van der Waals surface area contributed by atoms with E-state index >= 15 is 4.39 Å². The van der Waals surface area contributed by atoms with E-state index in [0.717, 1.165) is 0 Å². The second-order valence-electron chi connectivity index (χ2n) is 12.8. The van der Waals surface area contributed by atoms with Gasteiger partial charge in [0.15, 0.2) is 23.0 Å². The van der Waals surface area contributed by atoms with Crippen molar-refractivity contribution in [3.63, 3.8) is 0 Å². The summed E-state index contributed by atoms with van der Waals surface area (Å²) in [5, 5.41) is 19.3. The van der Waals surface area contributed by atoms with Gasteiger partial charge >= 0.3 is 11.9 Å². The molecule has 0 amide bonds. The first-order valence-corrected chi connectivity index (χ1v) is 13.2. The van der Waals surface area contributed by atoms with Gasteiger partial charge in [0.25, 0.3) is 0 Å². The minimum Gasteiger partial charge on any atom is -0.481 e. The standard InChI is InChI=1S/C28H33FO9/c1-12(30)27-20(36-24(2,3)38-27)9-15-16-7-18(29)17-8-19(31)13(6-22(32)33)14(10-23(34)35)26(17,5)28(16)21(37-28)11-25(15,27)4/h8,15-16,18,20-21H,6-7,9-11H2,1-5H3,(H,32,33)(H,34,35)/t15-,16-,18-,20?,21-,25-,26-,27+,28+/m0/s1. The second kappa shape index (κ2) is 7.40. The maximum atomic E-state index is 16.2. The van der Waals surface area contributed by atoms with Gasteiger partial charge in [-0.05, 0) is 76.0 Å². The van der Waals surface area contributed by atoms with E-state index in [1.807, 2.05) is 6.92 Å². The van der Waals surface area contributed by atoms with E-state index in [1.165, 1.54) is 13.0 Å². The van der Waals surface area contributed by atoms with Gasteiger partial charge in [-0.3, -0.25) is 19.2 Å². The van der Waals surface area contributed by atoms with Crippen molar-refractivity contribution in [3.05, 3.63) is 22.8 Å². The number of carbonyl (C=O) groups excluding carboxylic acids is 2. The van der Waals surface area contributed by atoms with E-state index in [9.17, 15) is 29.4 Å². The summed E-state index contributed by atoms with van der Waals surface area (Å²) in [6.45, 7) is 8.75. The Bertz CT molecular complexity index is 1270. The first kappa shape index (κ1) is 25.8. The molecule has 4 aliphatic carbocycles. The highest BCUT2D eigenvalue weighted by molar-refractivity contribution is 6.09. The number of carboxylic acids is 2. The summed E-state index contributed by atoms with van der Waals surface area (Å²) in [5.41, 5.74) is -4.14. The molecule has 6 aliphatic rings. The molecule has 6 rings (SSSR count). The monoisotopic (exact) mass is 532 g/mol. The highest BCUT2D eigenvalue weighted by Gasteiger charge is 2.86. The topological polar surface area (TPSA) is 140 Å². The molecule has 2 aliphatic heterocycles. The van der Waals surface area contributed by atoms with E-state index in [-0.39, 0.29) is 34.8 Å². The number of fused-ring (bicyclic) bond motifs is 5. The number of Topliss-reactive ketones (excluding diaryl/α,β-unsaturated/α-hetero) is 1. The molecule has 10 heteroatoms. The van der Waals surface area contributed by atoms with Crippen molar-refractivity contribution in [3.8, 4) is 0 Å². The lowest BCUT2D eigenvalue weighted by molar-refractivity contribution is -0.210. The van der Waals surface area contributed by atoms with Crippen LogP contribution in [0, 0.1) is 22.7 Å². The highest BCUT2D eigenvalue weighted by Crippen LogP contribution is 2.78. The Labute approximate surface area is 219 Å². The molecule has 1 spiro atoms. The highest BCUT2D eigenvalue weighted by atomic mass is 19.1. The van der Waals surface area contributed by atoms with Crippen molar-refractivity contribution >= 4 is 23.5 Å². The summed E-state index contributed by atoms with van der Waals surface area (Å²) in [5.74, 6) is -4.96. The number of hydrogen-bond acceptors (Lipinski definition) is 7. The molecule has 1 unspecified atom stereocenters. The zero-order chi connectivity index (χ0) is 27.8. The van der Waals surface area contributed by atoms with E-state index in [2.05, 4.69) is 0 Å². The minimum atomic E-state index is -1.56. The molecular weight excluding hydrogens is 499 g/mol. The first-order valence-electron chi connectivity index (χ1n) is 13.2. The number of carboxylic acid groups (broad SMARTS) is 2. The number of epoxide rings is 1. The smallest absolute Gasteiger partial charge is 0.307 e. The van der Waals surface area contributed by atoms with Crippen LogP contribution in [0.3, 0.4) is 0 Å². The average molecular weight is 533 g/mol. The zero-order valence-corrected chi connectivity index (χ0v) is 22.1. The minimum absolute atomic E-state index is 0.0458. The van der Waals surface area contributed by atoms with Gasteiger partial charge < -0.3 is 24.4 Å². The fourth-order valence-corrected chi connectivity index (χ4v) is 9.53. The molecular formula is C28H33FO9. The van der Waals surface area contributed by atoms with Crippen LogP contribution in [0.4, 0.5) is 4.39 Å². The number of ether oxygens (including phenoxy) is 3. The van der Waals surface area contributed by atoms with Crippen LogP contribution >= 0.6 is 0 Å². The molecule has 3 saturated carbocycles. The zero-order valence-electron chi connectivity index (χ0n) is 22.1. The van der Waals surface area contributed by atoms with Crippen LogP contribution in [0.1, 0.15) is 66.7 Å². The quantitative estimate of drug-likeness (QED) is 0.511. The van der Waals surface area contributed by atoms with Crippen molar-refractivity contribution in [1.82, 2.24) is 0 Å². The lowest BCUT2D eigenvalue weighted by Crippen LogP contribution is -2.64.